The van der Waals surface area contributed by atoms with Crippen LogP contribution in [0.1, 0.15) is 12.0 Å². The van der Waals surface area contributed by atoms with Gasteiger partial charge in [0.15, 0.2) is 0 Å². The Bertz CT molecular complexity index is 400. The standard InChI is InChI=1S/C12H13Cl2NO/c13-10-2-1-8(11(14)6-10)5-12(16)9-3-4-15-7-9/h1-2,6,9,15H,3-5,7H2. The van der Waals surface area contributed by atoms with Crippen LogP contribution >= 0.6 is 23.2 Å². The van der Waals surface area contributed by atoms with Gasteiger partial charge in [-0.05, 0) is 30.7 Å². The summed E-state index contributed by atoms with van der Waals surface area (Å²) < 4.78 is 0. The Hall–Kier alpha value is -0.570. The van der Waals surface area contributed by atoms with Gasteiger partial charge in [-0.3, -0.25) is 4.79 Å². The summed E-state index contributed by atoms with van der Waals surface area (Å²) in [5.74, 6) is 0.404. The zero-order valence-corrected chi connectivity index (χ0v) is 10.3. The molecule has 0 bridgehead atoms. The van der Waals surface area contributed by atoms with Gasteiger partial charge in [0.25, 0.3) is 0 Å². The van der Waals surface area contributed by atoms with E-state index in [2.05, 4.69) is 5.32 Å². The monoisotopic (exact) mass is 257 g/mol. The van der Waals surface area contributed by atoms with Crippen molar-refractivity contribution in [1.29, 1.82) is 0 Å². The molecule has 1 unspecified atom stereocenters. The van der Waals surface area contributed by atoms with Crippen molar-refractivity contribution in [2.45, 2.75) is 12.8 Å². The van der Waals surface area contributed by atoms with E-state index >= 15 is 0 Å². The zero-order chi connectivity index (χ0) is 11.5. The average molecular weight is 258 g/mol. The highest BCUT2D eigenvalue weighted by Crippen LogP contribution is 2.23. The second-order valence-corrected chi connectivity index (χ2v) is 4.91. The summed E-state index contributed by atoms with van der Waals surface area (Å²) in [5, 5.41) is 4.36. The summed E-state index contributed by atoms with van der Waals surface area (Å²) in [6, 6.07) is 5.27. The van der Waals surface area contributed by atoms with Crippen LogP contribution in [0.25, 0.3) is 0 Å². The van der Waals surface area contributed by atoms with Crippen LogP contribution in [-0.2, 0) is 11.2 Å². The summed E-state index contributed by atoms with van der Waals surface area (Å²) in [5.41, 5.74) is 0.864. The summed E-state index contributed by atoms with van der Waals surface area (Å²) in [4.78, 5) is 11.9. The lowest BCUT2D eigenvalue weighted by Gasteiger charge is -2.08. The highest BCUT2D eigenvalue weighted by Gasteiger charge is 2.22. The van der Waals surface area contributed by atoms with E-state index in [4.69, 9.17) is 23.2 Å². The number of rotatable bonds is 3. The van der Waals surface area contributed by atoms with Crippen molar-refractivity contribution in [1.82, 2.24) is 5.32 Å². The molecule has 0 spiro atoms. The fourth-order valence-corrected chi connectivity index (χ4v) is 2.40. The zero-order valence-electron chi connectivity index (χ0n) is 8.80. The fraction of sp³-hybridized carbons (Fsp3) is 0.417. The number of benzene rings is 1. The maximum absolute atomic E-state index is 11.9. The molecule has 4 heteroatoms. The van der Waals surface area contributed by atoms with Crippen molar-refractivity contribution < 1.29 is 4.79 Å². The van der Waals surface area contributed by atoms with Gasteiger partial charge >= 0.3 is 0 Å². The third-order valence-electron chi connectivity index (χ3n) is 2.90. The molecule has 1 fully saturated rings. The largest absolute Gasteiger partial charge is 0.316 e. The maximum atomic E-state index is 11.9. The molecular weight excluding hydrogens is 245 g/mol. The number of Topliss-reactive ketones (excluding diaryl/α,β-unsaturated/α-hetero) is 1. The van der Waals surface area contributed by atoms with Crippen LogP contribution in [-0.4, -0.2) is 18.9 Å². The van der Waals surface area contributed by atoms with E-state index in [1.165, 1.54) is 0 Å². The lowest BCUT2D eigenvalue weighted by Crippen LogP contribution is -2.19. The molecule has 1 saturated heterocycles. The predicted molar refractivity (Wildman–Crippen MR) is 66.1 cm³/mol. The Morgan fingerprint density at radius 3 is 2.88 bits per heavy atom. The molecule has 2 nitrogen and oxygen atoms in total. The number of carbonyl (C=O) groups excluding carboxylic acids is 1. The van der Waals surface area contributed by atoms with Crippen LogP contribution in [0, 0.1) is 5.92 Å². The Labute approximate surface area is 105 Å². The van der Waals surface area contributed by atoms with E-state index in [1.54, 1.807) is 12.1 Å². The minimum absolute atomic E-state index is 0.145. The lowest BCUT2D eigenvalue weighted by atomic mass is 9.97. The van der Waals surface area contributed by atoms with Crippen LogP contribution in [0.4, 0.5) is 0 Å². The van der Waals surface area contributed by atoms with Crippen LogP contribution in [0.5, 0.6) is 0 Å². The van der Waals surface area contributed by atoms with Crippen molar-refractivity contribution in [3.63, 3.8) is 0 Å². The maximum Gasteiger partial charge on any atom is 0.141 e. The SMILES string of the molecule is O=C(Cc1ccc(Cl)cc1Cl)C1CCNC1. The van der Waals surface area contributed by atoms with E-state index in [0.29, 0.717) is 16.5 Å². The van der Waals surface area contributed by atoms with Gasteiger partial charge in [-0.1, -0.05) is 29.3 Å². The summed E-state index contributed by atoms with van der Waals surface area (Å²) in [7, 11) is 0. The molecule has 1 aromatic rings. The van der Waals surface area contributed by atoms with Crippen molar-refractivity contribution in [3.8, 4) is 0 Å². The highest BCUT2D eigenvalue weighted by atomic mass is 35.5. The van der Waals surface area contributed by atoms with Gasteiger partial charge in [-0.15, -0.1) is 0 Å². The number of carbonyl (C=O) groups is 1. The summed E-state index contributed by atoms with van der Waals surface area (Å²) >= 11 is 11.8. The molecule has 0 amide bonds. The minimum Gasteiger partial charge on any atom is -0.316 e. The molecule has 86 valence electrons. The normalized spacial score (nSPS) is 20.0. The number of halogens is 2. The van der Waals surface area contributed by atoms with Gasteiger partial charge < -0.3 is 5.32 Å². The molecule has 0 aromatic heterocycles. The molecule has 0 saturated carbocycles. The van der Waals surface area contributed by atoms with Crippen LogP contribution < -0.4 is 5.32 Å². The van der Waals surface area contributed by atoms with E-state index < -0.39 is 0 Å². The first-order valence-electron chi connectivity index (χ1n) is 5.34. The first-order valence-corrected chi connectivity index (χ1v) is 6.10. The smallest absolute Gasteiger partial charge is 0.141 e. The van der Waals surface area contributed by atoms with Crippen LogP contribution in [0.3, 0.4) is 0 Å². The quantitative estimate of drug-likeness (QED) is 0.903. The molecule has 1 aromatic carbocycles. The topological polar surface area (TPSA) is 29.1 Å². The highest BCUT2D eigenvalue weighted by molar-refractivity contribution is 6.35. The van der Waals surface area contributed by atoms with Gasteiger partial charge in [0, 0.05) is 28.9 Å². The van der Waals surface area contributed by atoms with Crippen molar-refractivity contribution in [3.05, 3.63) is 33.8 Å². The third kappa shape index (κ3) is 2.76. The Morgan fingerprint density at radius 2 is 2.25 bits per heavy atom. The molecule has 0 aliphatic carbocycles. The molecule has 1 aliphatic heterocycles. The van der Waals surface area contributed by atoms with E-state index in [-0.39, 0.29) is 11.7 Å². The third-order valence-corrected chi connectivity index (χ3v) is 3.48. The Balaban J connectivity index is 2.05. The second kappa shape index (κ2) is 5.17. The predicted octanol–water partition coefficient (Wildman–Crippen LogP) is 2.71. The van der Waals surface area contributed by atoms with E-state index in [1.807, 2.05) is 6.07 Å². The Morgan fingerprint density at radius 1 is 1.44 bits per heavy atom. The molecular formula is C12H13Cl2NO. The molecule has 16 heavy (non-hydrogen) atoms. The number of nitrogens with one attached hydrogen (secondary N) is 1. The molecule has 2 rings (SSSR count). The first kappa shape index (κ1) is 11.9. The number of ketones is 1. The van der Waals surface area contributed by atoms with Gasteiger partial charge in [-0.2, -0.15) is 0 Å². The summed E-state index contributed by atoms with van der Waals surface area (Å²) in [6.45, 7) is 1.73. The average Bonchev–Trinajstić information content (AvgIpc) is 2.75. The van der Waals surface area contributed by atoms with E-state index in [9.17, 15) is 4.79 Å². The molecule has 1 N–H and O–H groups in total. The molecule has 1 atom stereocenters. The molecule has 1 aliphatic rings. The number of hydrogen-bond donors (Lipinski definition) is 1. The lowest BCUT2D eigenvalue weighted by molar-refractivity contribution is -0.121. The van der Waals surface area contributed by atoms with Gasteiger partial charge in [0.2, 0.25) is 0 Å². The van der Waals surface area contributed by atoms with Crippen molar-refractivity contribution in [2.24, 2.45) is 5.92 Å². The van der Waals surface area contributed by atoms with E-state index in [0.717, 1.165) is 25.1 Å². The van der Waals surface area contributed by atoms with Crippen molar-refractivity contribution >= 4 is 29.0 Å². The van der Waals surface area contributed by atoms with Crippen LogP contribution in [0.2, 0.25) is 10.0 Å². The van der Waals surface area contributed by atoms with Gasteiger partial charge in [0.05, 0.1) is 0 Å². The second-order valence-electron chi connectivity index (χ2n) is 4.07. The summed E-state index contributed by atoms with van der Waals surface area (Å²) in [6.07, 6.45) is 1.34. The fourth-order valence-electron chi connectivity index (χ4n) is 1.93. The van der Waals surface area contributed by atoms with Gasteiger partial charge in [-0.25, -0.2) is 0 Å². The number of hydrogen-bond acceptors (Lipinski definition) is 2. The minimum atomic E-state index is 0.145. The van der Waals surface area contributed by atoms with Crippen molar-refractivity contribution in [2.75, 3.05) is 13.1 Å². The molecule has 1 heterocycles. The molecule has 0 radical (unpaired) electrons. The van der Waals surface area contributed by atoms with Gasteiger partial charge in [0.1, 0.15) is 5.78 Å². The van der Waals surface area contributed by atoms with Crippen LogP contribution in [0.15, 0.2) is 18.2 Å². The first-order chi connectivity index (χ1) is 7.66. The Kier molecular flexibility index (Phi) is 3.85.